The minimum absolute atomic E-state index is 0.135. The second kappa shape index (κ2) is 9.10. The Labute approximate surface area is 116 Å². The maximum absolute atomic E-state index is 5.60. The van der Waals surface area contributed by atoms with E-state index >= 15 is 0 Å². The molecule has 1 aromatic rings. The topological polar surface area (TPSA) is 36.9 Å². The summed E-state index contributed by atoms with van der Waals surface area (Å²) in [4.78, 5) is 0. The molecular weight excluding hydrogens is 243 g/mol. The summed E-state index contributed by atoms with van der Waals surface area (Å²) in [6.45, 7) is 5.90. The lowest BCUT2D eigenvalue weighted by Gasteiger charge is -2.12. The van der Waals surface area contributed by atoms with E-state index in [0.717, 1.165) is 11.0 Å². The molecule has 0 aromatic heterocycles. The van der Waals surface area contributed by atoms with E-state index in [9.17, 15) is 0 Å². The van der Waals surface area contributed by atoms with Gasteiger partial charge in [0.25, 0.3) is 0 Å². The zero-order valence-corrected chi connectivity index (χ0v) is 12.2. The lowest BCUT2D eigenvalue weighted by molar-refractivity contribution is -0.00712. The molecule has 0 N–H and O–H groups in total. The van der Waals surface area contributed by atoms with E-state index in [4.69, 9.17) is 18.8 Å². The van der Waals surface area contributed by atoms with Gasteiger partial charge in [-0.2, -0.15) is 0 Å². The zero-order valence-electron chi connectivity index (χ0n) is 12.2. The average molecular weight is 266 g/mol. The van der Waals surface area contributed by atoms with E-state index in [1.165, 1.54) is 0 Å². The molecule has 1 aromatic carbocycles. The molecule has 0 spiro atoms. The van der Waals surface area contributed by atoms with Gasteiger partial charge in [-0.1, -0.05) is 24.3 Å². The Morgan fingerprint density at radius 2 is 1.74 bits per heavy atom. The first-order valence-electron chi connectivity index (χ1n) is 6.55. The molecule has 0 amide bonds. The van der Waals surface area contributed by atoms with Gasteiger partial charge in [0.1, 0.15) is 0 Å². The van der Waals surface area contributed by atoms with E-state index in [0.29, 0.717) is 19.8 Å². The van der Waals surface area contributed by atoms with Crippen molar-refractivity contribution < 1.29 is 18.8 Å². The fourth-order valence-corrected chi connectivity index (χ4v) is 1.81. The Bertz CT molecular complexity index is 338. The highest BCUT2D eigenvalue weighted by molar-refractivity contribution is 6.61. The van der Waals surface area contributed by atoms with Crippen molar-refractivity contribution in [3.8, 4) is 0 Å². The van der Waals surface area contributed by atoms with Gasteiger partial charge in [0.05, 0.1) is 19.3 Å². The standard InChI is InChI=1S/C14H23BO4/c1-5-19-12(2)10-18-11-13-6-8-14(9-7-13)15(16-3)17-4/h6-9,12H,5,10-11H2,1-4H3/t12-/m1/s1. The van der Waals surface area contributed by atoms with Crippen molar-refractivity contribution >= 4 is 12.6 Å². The van der Waals surface area contributed by atoms with Gasteiger partial charge >= 0.3 is 7.12 Å². The number of hydrogen-bond acceptors (Lipinski definition) is 4. The van der Waals surface area contributed by atoms with Crippen LogP contribution in [0.5, 0.6) is 0 Å². The summed E-state index contributed by atoms with van der Waals surface area (Å²) in [6.07, 6.45) is 0.135. The molecule has 0 radical (unpaired) electrons. The maximum atomic E-state index is 5.60. The van der Waals surface area contributed by atoms with Crippen molar-refractivity contribution in [1.29, 1.82) is 0 Å². The van der Waals surface area contributed by atoms with E-state index in [2.05, 4.69) is 0 Å². The SMILES string of the molecule is CCO[C@H](C)COCc1ccc(B(OC)OC)cc1. The van der Waals surface area contributed by atoms with E-state index in [-0.39, 0.29) is 13.2 Å². The second-order valence-corrected chi connectivity index (χ2v) is 4.33. The summed E-state index contributed by atoms with van der Waals surface area (Å²) in [5, 5.41) is 0. The molecule has 5 heteroatoms. The largest absolute Gasteiger partial charge is 0.493 e. The predicted octanol–water partition coefficient (Wildman–Crippen LogP) is 1.62. The predicted molar refractivity (Wildman–Crippen MR) is 76.6 cm³/mol. The molecule has 0 aliphatic rings. The van der Waals surface area contributed by atoms with Crippen LogP contribution in [0.15, 0.2) is 24.3 Å². The third kappa shape index (κ3) is 5.74. The Morgan fingerprint density at radius 1 is 1.11 bits per heavy atom. The monoisotopic (exact) mass is 266 g/mol. The quantitative estimate of drug-likeness (QED) is 0.636. The van der Waals surface area contributed by atoms with Crippen molar-refractivity contribution in [2.75, 3.05) is 27.4 Å². The van der Waals surface area contributed by atoms with Gasteiger partial charge in [-0.3, -0.25) is 0 Å². The molecule has 106 valence electrons. The van der Waals surface area contributed by atoms with E-state index < -0.39 is 0 Å². The van der Waals surface area contributed by atoms with Gasteiger partial charge in [0.15, 0.2) is 0 Å². The number of benzene rings is 1. The molecule has 0 unspecified atom stereocenters. The van der Waals surface area contributed by atoms with Crippen molar-refractivity contribution in [3.63, 3.8) is 0 Å². The highest BCUT2D eigenvalue weighted by atomic mass is 16.6. The van der Waals surface area contributed by atoms with Gasteiger partial charge < -0.3 is 18.8 Å². The van der Waals surface area contributed by atoms with Crippen molar-refractivity contribution in [2.24, 2.45) is 0 Å². The van der Waals surface area contributed by atoms with Gasteiger partial charge in [-0.25, -0.2) is 0 Å². The minimum Gasteiger partial charge on any atom is -0.410 e. The van der Waals surface area contributed by atoms with Crippen molar-refractivity contribution in [2.45, 2.75) is 26.6 Å². The van der Waals surface area contributed by atoms with Crippen LogP contribution in [0.3, 0.4) is 0 Å². The van der Waals surface area contributed by atoms with Crippen LogP contribution in [-0.2, 0) is 25.4 Å². The van der Waals surface area contributed by atoms with Crippen LogP contribution in [0.2, 0.25) is 0 Å². The third-order valence-electron chi connectivity index (χ3n) is 2.75. The summed E-state index contributed by atoms with van der Waals surface area (Å²) in [5.41, 5.74) is 2.12. The number of ether oxygens (including phenoxy) is 2. The average Bonchev–Trinajstić information content (AvgIpc) is 2.42. The summed E-state index contributed by atoms with van der Waals surface area (Å²) in [5.74, 6) is 0. The summed E-state index contributed by atoms with van der Waals surface area (Å²) in [6, 6.07) is 8.02. The molecule has 0 aliphatic heterocycles. The zero-order chi connectivity index (χ0) is 14.1. The molecular formula is C14H23BO4. The summed E-state index contributed by atoms with van der Waals surface area (Å²) < 4.78 is 21.4. The molecule has 1 rings (SSSR count). The number of rotatable bonds is 9. The van der Waals surface area contributed by atoms with E-state index in [1.54, 1.807) is 14.2 Å². The van der Waals surface area contributed by atoms with Gasteiger partial charge in [0, 0.05) is 20.8 Å². The van der Waals surface area contributed by atoms with Crippen LogP contribution in [0.4, 0.5) is 0 Å². The van der Waals surface area contributed by atoms with Crippen LogP contribution >= 0.6 is 0 Å². The Kier molecular flexibility index (Phi) is 7.75. The smallest absolute Gasteiger partial charge is 0.410 e. The fraction of sp³-hybridized carbons (Fsp3) is 0.571. The van der Waals surface area contributed by atoms with Crippen molar-refractivity contribution in [1.82, 2.24) is 0 Å². The normalized spacial score (nSPS) is 12.4. The molecule has 0 aliphatic carbocycles. The molecule has 0 saturated heterocycles. The summed E-state index contributed by atoms with van der Waals surface area (Å²) in [7, 11) is 2.94. The maximum Gasteiger partial charge on any atom is 0.493 e. The summed E-state index contributed by atoms with van der Waals surface area (Å²) >= 11 is 0. The second-order valence-electron chi connectivity index (χ2n) is 4.33. The molecule has 0 bridgehead atoms. The lowest BCUT2D eigenvalue weighted by Crippen LogP contribution is -2.34. The molecule has 0 heterocycles. The van der Waals surface area contributed by atoms with Crippen LogP contribution < -0.4 is 5.46 Å². The lowest BCUT2D eigenvalue weighted by atomic mass is 9.79. The van der Waals surface area contributed by atoms with Gasteiger partial charge in [0.2, 0.25) is 0 Å². The Morgan fingerprint density at radius 3 is 2.26 bits per heavy atom. The van der Waals surface area contributed by atoms with Gasteiger partial charge in [-0.15, -0.1) is 0 Å². The minimum atomic E-state index is -0.312. The van der Waals surface area contributed by atoms with Gasteiger partial charge in [-0.05, 0) is 24.9 Å². The number of hydrogen-bond donors (Lipinski definition) is 0. The Balaban J connectivity index is 2.40. The molecule has 19 heavy (non-hydrogen) atoms. The molecule has 1 atom stereocenters. The van der Waals surface area contributed by atoms with Crippen LogP contribution in [-0.4, -0.2) is 40.7 Å². The first-order valence-corrected chi connectivity index (χ1v) is 6.55. The van der Waals surface area contributed by atoms with Crippen LogP contribution in [0, 0.1) is 0 Å². The third-order valence-corrected chi connectivity index (χ3v) is 2.75. The first kappa shape index (κ1) is 16.2. The van der Waals surface area contributed by atoms with Crippen LogP contribution in [0.25, 0.3) is 0 Å². The molecule has 0 saturated carbocycles. The van der Waals surface area contributed by atoms with Crippen molar-refractivity contribution in [3.05, 3.63) is 29.8 Å². The van der Waals surface area contributed by atoms with E-state index in [1.807, 2.05) is 38.1 Å². The Hall–Kier alpha value is -0.875. The molecule has 4 nitrogen and oxygen atoms in total. The fourth-order valence-electron chi connectivity index (χ4n) is 1.81. The highest BCUT2D eigenvalue weighted by Gasteiger charge is 2.17. The molecule has 0 fully saturated rings. The first-order chi connectivity index (χ1) is 9.21. The van der Waals surface area contributed by atoms with Crippen LogP contribution in [0.1, 0.15) is 19.4 Å². The highest BCUT2D eigenvalue weighted by Crippen LogP contribution is 2.02.